The summed E-state index contributed by atoms with van der Waals surface area (Å²) in [6.45, 7) is 21.2. The van der Waals surface area contributed by atoms with Crippen molar-refractivity contribution in [3.05, 3.63) is 0 Å². The van der Waals surface area contributed by atoms with Crippen LogP contribution in [0.4, 0.5) is 0 Å². The number of carboxylic acids is 4. The van der Waals surface area contributed by atoms with Crippen molar-refractivity contribution in [1.29, 1.82) is 0 Å². The third-order valence-corrected chi connectivity index (χ3v) is 11.6. The molecule has 0 aliphatic carbocycles. The Morgan fingerprint density at radius 3 is 0.756 bits per heavy atom. The minimum Gasteiger partial charge on any atom is -0.480 e. The van der Waals surface area contributed by atoms with Gasteiger partial charge in [-0.3, -0.25) is 52.1 Å². The zero-order valence-corrected chi connectivity index (χ0v) is 52.2. The largest absolute Gasteiger partial charge is 0.480 e. The Morgan fingerprint density at radius 1 is 0.366 bits per heavy atom. The third-order valence-electron chi connectivity index (χ3n) is 11.0. The number of aliphatic carboxylic acids is 4. The molecule has 29 heteroatoms. The Morgan fingerprint density at radius 2 is 0.573 bits per heavy atom. The smallest absolute Gasteiger partial charge is 0.323 e. The minimum atomic E-state index is -3.26. The van der Waals surface area contributed by atoms with E-state index in [4.69, 9.17) is 58.3 Å². The normalized spacial score (nSPS) is 11.0. The zero-order valence-electron chi connectivity index (χ0n) is 51.4. The number of methoxy groups -OCH3 is 5. The molecule has 0 amide bonds. The van der Waals surface area contributed by atoms with Gasteiger partial charge in [-0.25, -0.2) is 0 Å². The van der Waals surface area contributed by atoms with E-state index in [1.807, 2.05) is 0 Å². The first-order valence-corrected chi connectivity index (χ1v) is 28.2. The Hall–Kier alpha value is -5.59. The van der Waals surface area contributed by atoms with Gasteiger partial charge in [0, 0.05) is 68.6 Å². The Balaban J connectivity index is -0.000000213. The van der Waals surface area contributed by atoms with Crippen molar-refractivity contribution in [2.24, 2.45) is 27.6 Å². The van der Waals surface area contributed by atoms with Gasteiger partial charge in [-0.05, 0) is 134 Å². The predicted molar refractivity (Wildman–Crippen MR) is 294 cm³/mol. The maximum atomic E-state index is 11.8. The van der Waals surface area contributed by atoms with Crippen molar-refractivity contribution in [3.8, 4) is 0 Å². The van der Waals surface area contributed by atoms with Gasteiger partial charge < -0.3 is 72.5 Å². The summed E-state index contributed by atoms with van der Waals surface area (Å²) in [4.78, 5) is 112. The van der Waals surface area contributed by atoms with Crippen LogP contribution in [0, 0.1) is 27.6 Å². The fourth-order valence-electron chi connectivity index (χ4n) is 5.67. The van der Waals surface area contributed by atoms with Gasteiger partial charge in [0.05, 0.1) is 52.5 Å². The van der Waals surface area contributed by atoms with Gasteiger partial charge in [0.15, 0.2) is 27.6 Å². The molecule has 0 saturated carbocycles. The fourth-order valence-corrected chi connectivity index (χ4v) is 6.09. The number of carbonyl (C=O) groups excluding carboxylic acids is 6. The van der Waals surface area contributed by atoms with Gasteiger partial charge in [-0.2, -0.15) is 8.42 Å². The molecular formula is C53H98O28S. The molecule has 0 rings (SSSR count). The first-order chi connectivity index (χ1) is 38.1. The molecule has 0 saturated heterocycles. The molecule has 0 unspecified atom stereocenters. The van der Waals surface area contributed by atoms with E-state index in [-0.39, 0.29) is 59.1 Å². The second-order valence-corrected chi connectivity index (χ2v) is 19.6. The number of rotatable bonds is 37. The lowest BCUT2D eigenvalue weighted by molar-refractivity contribution is -0.173. The van der Waals surface area contributed by atoms with Crippen LogP contribution in [-0.4, -0.2) is 210 Å². The van der Waals surface area contributed by atoms with Crippen LogP contribution in [-0.2, 0) is 114 Å². The topological polar surface area (TPSA) is 397 Å². The van der Waals surface area contributed by atoms with Crippen LogP contribution in [0.25, 0.3) is 0 Å². The molecule has 0 aromatic rings. The molecule has 82 heavy (non-hydrogen) atoms. The van der Waals surface area contributed by atoms with E-state index in [9.17, 15) is 56.4 Å². The van der Waals surface area contributed by atoms with Gasteiger partial charge in [-0.15, -0.1) is 0 Å². The highest BCUT2D eigenvalue weighted by molar-refractivity contribution is 7.85. The van der Waals surface area contributed by atoms with Crippen LogP contribution in [0.15, 0.2) is 0 Å². The summed E-state index contributed by atoms with van der Waals surface area (Å²) in [7, 11) is 4.42. The Bertz CT molecular complexity index is 1740. The van der Waals surface area contributed by atoms with Crippen LogP contribution in [0.5, 0.6) is 0 Å². The number of carboxylic acid groups (broad SMARTS) is 4. The zero-order chi connectivity index (χ0) is 65.2. The monoisotopic (exact) mass is 1210 g/mol. The summed E-state index contributed by atoms with van der Waals surface area (Å²) in [6, 6.07) is 0. The number of hydrogen-bond donors (Lipinski definition) is 4. The van der Waals surface area contributed by atoms with Crippen LogP contribution in [0.2, 0.25) is 0 Å². The minimum absolute atomic E-state index is 0.0749. The van der Waals surface area contributed by atoms with Crippen LogP contribution in [0.1, 0.15) is 134 Å². The second kappa shape index (κ2) is 51.1. The molecule has 0 bridgehead atoms. The molecule has 0 aromatic heterocycles. The molecule has 0 spiro atoms. The summed E-state index contributed by atoms with van der Waals surface area (Å²) in [6.07, 6.45) is 4.55. The van der Waals surface area contributed by atoms with Crippen molar-refractivity contribution >= 4 is 69.8 Å². The molecule has 0 aromatic carbocycles. The van der Waals surface area contributed by atoms with E-state index in [1.165, 1.54) is 35.0 Å². The van der Waals surface area contributed by atoms with Crippen molar-refractivity contribution in [1.82, 2.24) is 0 Å². The average Bonchev–Trinajstić information content (AvgIpc) is 3.40. The van der Waals surface area contributed by atoms with E-state index in [0.717, 1.165) is 6.26 Å². The van der Waals surface area contributed by atoms with E-state index in [1.54, 1.807) is 76.7 Å². The molecule has 0 atom stereocenters. The SMILES string of the molecule is CCOC(=O)C(C)(CCCOC)C(=O)OCC.CCOC(=O)C(C)(CCCOC)C(=O)OCC.CCOC(=O)C(C)C(=O)OCC.COCCCC(C)(C(=O)O)C(=O)O.COCCCC(C)(C(=O)O)C(=O)O.COCCCOS(C)(=O)=O. The molecule has 28 nitrogen and oxygen atoms in total. The lowest BCUT2D eigenvalue weighted by Crippen LogP contribution is -2.39. The summed E-state index contributed by atoms with van der Waals surface area (Å²) >= 11 is 0. The molecule has 484 valence electrons. The maximum Gasteiger partial charge on any atom is 0.323 e. The van der Waals surface area contributed by atoms with E-state index < -0.39 is 97.4 Å². The van der Waals surface area contributed by atoms with Crippen LogP contribution < -0.4 is 0 Å². The number of ether oxygens (including phenoxy) is 11. The molecule has 0 aliphatic rings. The van der Waals surface area contributed by atoms with Crippen LogP contribution in [0.3, 0.4) is 0 Å². The number of esters is 6. The summed E-state index contributed by atoms with van der Waals surface area (Å²) in [5, 5.41) is 34.7. The predicted octanol–water partition coefficient (Wildman–Crippen LogP) is 5.02. The third kappa shape index (κ3) is 40.6. The quantitative estimate of drug-likeness (QED) is 0.0209. The molecular weight excluding hydrogens is 1120 g/mol. The summed E-state index contributed by atoms with van der Waals surface area (Å²) in [5.41, 5.74) is -5.86. The van der Waals surface area contributed by atoms with E-state index >= 15 is 0 Å². The average molecular weight is 1220 g/mol. The van der Waals surface area contributed by atoms with Crippen molar-refractivity contribution in [3.63, 3.8) is 0 Å². The van der Waals surface area contributed by atoms with Gasteiger partial charge in [0.1, 0.15) is 0 Å². The van der Waals surface area contributed by atoms with E-state index in [0.29, 0.717) is 78.0 Å². The lowest BCUT2D eigenvalue weighted by atomic mass is 9.85. The van der Waals surface area contributed by atoms with Crippen molar-refractivity contribution in [2.75, 3.05) is 121 Å². The number of carbonyl (C=O) groups is 10. The van der Waals surface area contributed by atoms with Crippen LogP contribution >= 0.6 is 0 Å². The van der Waals surface area contributed by atoms with Gasteiger partial charge in [0.2, 0.25) is 0 Å². The van der Waals surface area contributed by atoms with Gasteiger partial charge >= 0.3 is 59.7 Å². The summed E-state index contributed by atoms with van der Waals surface area (Å²) in [5.74, 6) is -9.25. The first-order valence-electron chi connectivity index (χ1n) is 26.4. The molecule has 0 heterocycles. The molecule has 0 aliphatic heterocycles. The standard InChI is InChI=1S/2C12H22O5.2C8H14O5.C8H14O4.C5H12O4S/c2*1-5-16-10(13)12(3,8-7-9-15-4)11(14)17-6-2;2*1-8(6(9)10,7(11)12)4-3-5-13-2;1-4-11-7(9)6(3)8(10)12-5-2;1-8-4-3-5-9-10(2,6)7/h2*5-9H2,1-4H3;2*3-5H2,1-2H3,(H,9,10)(H,11,12);6H,4-5H2,1-3H3;3-5H2,1-2H3. The highest BCUT2D eigenvalue weighted by Gasteiger charge is 2.45. The van der Waals surface area contributed by atoms with Crippen molar-refractivity contribution < 1.29 is 133 Å². The molecule has 0 radical (unpaired) electrons. The molecule has 4 N–H and O–H groups in total. The Labute approximate surface area is 484 Å². The number of hydrogen-bond acceptors (Lipinski definition) is 24. The summed E-state index contributed by atoms with van der Waals surface area (Å²) < 4.78 is 78.0. The molecule has 0 fully saturated rings. The van der Waals surface area contributed by atoms with Gasteiger partial charge in [0.25, 0.3) is 10.1 Å². The van der Waals surface area contributed by atoms with E-state index in [2.05, 4.69) is 18.4 Å². The maximum absolute atomic E-state index is 11.8. The first kappa shape index (κ1) is 87.6. The highest BCUT2D eigenvalue weighted by Crippen LogP contribution is 2.29. The Kier molecular flexibility index (Phi) is 54.6. The van der Waals surface area contributed by atoms with Crippen molar-refractivity contribution in [2.45, 2.75) is 134 Å². The fraction of sp³-hybridized carbons (Fsp3) is 0.811. The highest BCUT2D eigenvalue weighted by atomic mass is 32.2. The lowest BCUT2D eigenvalue weighted by Gasteiger charge is -2.24. The van der Waals surface area contributed by atoms with Gasteiger partial charge in [-0.1, -0.05) is 0 Å². The second-order valence-electron chi connectivity index (χ2n) is 17.9.